The number of aliphatic imine (C=N–C) groups is 1. The molecular weight excluding hydrogens is 430 g/mol. The van der Waals surface area contributed by atoms with Crippen LogP contribution >= 0.6 is 0 Å². The molecule has 0 saturated heterocycles. The van der Waals surface area contributed by atoms with E-state index < -0.39 is 28.7 Å². The minimum absolute atomic E-state index is 0.0318. The summed E-state index contributed by atoms with van der Waals surface area (Å²) in [6.07, 6.45) is -4.70. The molecule has 0 unspecified atom stereocenters. The summed E-state index contributed by atoms with van der Waals surface area (Å²) in [7, 11) is 1.50. The molecule has 0 saturated carbocycles. The smallest absolute Gasteiger partial charge is 0.436 e. The lowest BCUT2D eigenvalue weighted by atomic mass is 9.67. The van der Waals surface area contributed by atoms with Gasteiger partial charge in [-0.15, -0.1) is 0 Å². The molecule has 7 nitrogen and oxygen atoms in total. The van der Waals surface area contributed by atoms with E-state index in [1.54, 1.807) is 20.8 Å². The fourth-order valence-corrected chi connectivity index (χ4v) is 3.77. The summed E-state index contributed by atoms with van der Waals surface area (Å²) in [5.74, 6) is -2.12. The summed E-state index contributed by atoms with van der Waals surface area (Å²) < 4.78 is 58.8. The third-order valence-electron chi connectivity index (χ3n) is 5.98. The van der Waals surface area contributed by atoms with E-state index in [0.29, 0.717) is 5.69 Å². The molecule has 11 heteroatoms. The molecular formula is C21H25F4N5O2. The molecule has 1 aromatic carbocycles. The second-order valence-electron chi connectivity index (χ2n) is 8.41. The molecule has 0 aliphatic carbocycles. The number of anilines is 1. The zero-order valence-electron chi connectivity index (χ0n) is 18.4. The molecule has 0 bridgehead atoms. The number of rotatable bonds is 5. The van der Waals surface area contributed by atoms with Crippen LogP contribution in [0.3, 0.4) is 0 Å². The average Bonchev–Trinajstić information content (AvgIpc) is 3.07. The Morgan fingerprint density at radius 2 is 1.91 bits per heavy atom. The predicted molar refractivity (Wildman–Crippen MR) is 110 cm³/mol. The largest absolute Gasteiger partial charge is 0.451 e. The van der Waals surface area contributed by atoms with Gasteiger partial charge in [0.25, 0.3) is 0 Å². The molecule has 1 aliphatic rings. The highest BCUT2D eigenvalue weighted by Gasteiger charge is 2.53. The Balaban J connectivity index is 1.87. The molecule has 0 fully saturated rings. The first kappa shape index (κ1) is 23.6. The molecule has 174 valence electrons. The molecule has 2 aromatic rings. The van der Waals surface area contributed by atoms with E-state index in [-0.39, 0.29) is 42.0 Å². The van der Waals surface area contributed by atoms with Crippen LogP contribution in [0.2, 0.25) is 0 Å². The third kappa shape index (κ3) is 3.91. The van der Waals surface area contributed by atoms with Crippen LogP contribution in [0.25, 0.3) is 0 Å². The van der Waals surface area contributed by atoms with Crippen molar-refractivity contribution in [3.8, 4) is 0 Å². The van der Waals surface area contributed by atoms with Crippen LogP contribution in [-0.2, 0) is 22.9 Å². The number of carbonyl (C=O) groups is 1. The van der Waals surface area contributed by atoms with E-state index >= 15 is 0 Å². The van der Waals surface area contributed by atoms with Crippen molar-refractivity contribution in [3.63, 3.8) is 0 Å². The second-order valence-corrected chi connectivity index (χ2v) is 8.41. The molecule has 1 atom stereocenters. The van der Waals surface area contributed by atoms with Crippen LogP contribution in [0, 0.1) is 18.2 Å². The van der Waals surface area contributed by atoms with Gasteiger partial charge in [-0.3, -0.25) is 9.69 Å². The first-order valence-electron chi connectivity index (χ1n) is 9.89. The number of amides is 1. The second kappa shape index (κ2) is 7.79. The van der Waals surface area contributed by atoms with Crippen LogP contribution in [-0.4, -0.2) is 35.3 Å². The molecule has 0 spiro atoms. The van der Waals surface area contributed by atoms with Crippen LogP contribution < -0.4 is 11.1 Å². The van der Waals surface area contributed by atoms with Crippen molar-refractivity contribution in [1.29, 1.82) is 0 Å². The Morgan fingerprint density at radius 3 is 2.53 bits per heavy atom. The van der Waals surface area contributed by atoms with Crippen molar-refractivity contribution in [2.24, 2.45) is 16.1 Å². The average molecular weight is 455 g/mol. The SMILES string of the molecule is Cc1nc(CCNc2ccc(F)c([C@@]3(C)N=C(N)N(C)C(=O)C3(C)C)c2)c(C(F)(F)F)o1. The monoisotopic (exact) mass is 455 g/mol. The first-order valence-corrected chi connectivity index (χ1v) is 9.89. The Hall–Kier alpha value is -3.11. The summed E-state index contributed by atoms with van der Waals surface area (Å²) in [5, 5.41) is 2.97. The van der Waals surface area contributed by atoms with Gasteiger partial charge < -0.3 is 15.5 Å². The van der Waals surface area contributed by atoms with Gasteiger partial charge >= 0.3 is 6.18 Å². The normalized spacial score (nSPS) is 21.0. The Kier molecular flexibility index (Phi) is 5.73. The zero-order chi connectivity index (χ0) is 24.1. The number of nitrogens with two attached hydrogens (primary N) is 1. The van der Waals surface area contributed by atoms with Gasteiger partial charge in [-0.1, -0.05) is 0 Å². The lowest BCUT2D eigenvalue weighted by Crippen LogP contribution is -2.58. The van der Waals surface area contributed by atoms with Crippen molar-refractivity contribution in [2.45, 2.75) is 45.8 Å². The number of halogens is 4. The molecule has 1 amide bonds. The standard InChI is InChI=1S/C21H25F4N5O2/c1-11-28-15(16(32-11)21(23,24)25)8-9-27-12-6-7-14(22)13(10-12)20(4)19(2,3)17(31)30(5)18(26)29-20/h6-7,10,27H,8-9H2,1-5H3,(H2,26,29)/t20-/m1/s1. The van der Waals surface area contributed by atoms with Crippen LogP contribution in [0.4, 0.5) is 23.2 Å². The van der Waals surface area contributed by atoms with E-state index in [1.807, 2.05) is 0 Å². The number of guanidine groups is 1. The topological polar surface area (TPSA) is 96.7 Å². The lowest BCUT2D eigenvalue weighted by molar-refractivity contribution is -0.154. The summed E-state index contributed by atoms with van der Waals surface area (Å²) in [5.41, 5.74) is 3.88. The number of benzene rings is 1. The van der Waals surface area contributed by atoms with E-state index in [2.05, 4.69) is 19.7 Å². The van der Waals surface area contributed by atoms with Crippen molar-refractivity contribution in [3.05, 3.63) is 46.9 Å². The van der Waals surface area contributed by atoms with E-state index in [1.165, 1.54) is 37.1 Å². The van der Waals surface area contributed by atoms with Crippen LogP contribution in [0.15, 0.2) is 27.6 Å². The molecule has 1 aromatic heterocycles. The van der Waals surface area contributed by atoms with Gasteiger partial charge in [-0.2, -0.15) is 13.2 Å². The maximum Gasteiger partial charge on any atom is 0.451 e. The van der Waals surface area contributed by atoms with Gasteiger partial charge in [-0.05, 0) is 39.0 Å². The summed E-state index contributed by atoms with van der Waals surface area (Å²) >= 11 is 0. The maximum absolute atomic E-state index is 14.9. The number of alkyl halides is 3. The molecule has 3 N–H and O–H groups in total. The Morgan fingerprint density at radius 1 is 1.25 bits per heavy atom. The minimum Gasteiger partial charge on any atom is -0.436 e. The minimum atomic E-state index is -4.64. The Bertz CT molecular complexity index is 1080. The molecule has 3 rings (SSSR count). The molecule has 2 heterocycles. The number of oxazole rings is 1. The number of hydrogen-bond acceptors (Lipinski definition) is 6. The highest BCUT2D eigenvalue weighted by atomic mass is 19.4. The van der Waals surface area contributed by atoms with E-state index in [4.69, 9.17) is 5.73 Å². The number of carbonyl (C=O) groups excluding carboxylic acids is 1. The lowest BCUT2D eigenvalue weighted by Gasteiger charge is -2.46. The van der Waals surface area contributed by atoms with E-state index in [9.17, 15) is 22.4 Å². The van der Waals surface area contributed by atoms with Gasteiger partial charge in [0.05, 0.1) is 11.1 Å². The van der Waals surface area contributed by atoms with Gasteiger partial charge in [0, 0.05) is 38.2 Å². The van der Waals surface area contributed by atoms with Crippen LogP contribution in [0.5, 0.6) is 0 Å². The first-order chi connectivity index (χ1) is 14.7. The van der Waals surface area contributed by atoms with Crippen molar-refractivity contribution < 1.29 is 26.8 Å². The van der Waals surface area contributed by atoms with Crippen molar-refractivity contribution in [2.75, 3.05) is 18.9 Å². The van der Waals surface area contributed by atoms with E-state index in [0.717, 1.165) is 0 Å². The van der Waals surface area contributed by atoms with Gasteiger partial charge in [-0.25, -0.2) is 14.4 Å². The Labute approximate surface area is 182 Å². The number of nitrogens with one attached hydrogen (secondary N) is 1. The van der Waals surface area contributed by atoms with Crippen LogP contribution in [0.1, 0.15) is 43.7 Å². The van der Waals surface area contributed by atoms with Crippen molar-refractivity contribution >= 4 is 17.6 Å². The molecule has 32 heavy (non-hydrogen) atoms. The maximum atomic E-state index is 14.9. The highest BCUT2D eigenvalue weighted by molar-refractivity contribution is 6.01. The predicted octanol–water partition coefficient (Wildman–Crippen LogP) is 3.82. The quantitative estimate of drug-likeness (QED) is 0.668. The van der Waals surface area contributed by atoms with Gasteiger partial charge in [0.2, 0.25) is 11.7 Å². The van der Waals surface area contributed by atoms with Gasteiger partial charge in [0.1, 0.15) is 11.4 Å². The fourth-order valence-electron chi connectivity index (χ4n) is 3.77. The zero-order valence-corrected chi connectivity index (χ0v) is 18.4. The molecule has 0 radical (unpaired) electrons. The third-order valence-corrected chi connectivity index (χ3v) is 5.98. The molecule has 1 aliphatic heterocycles. The van der Waals surface area contributed by atoms with Gasteiger partial charge in [0.15, 0.2) is 11.9 Å². The summed E-state index contributed by atoms with van der Waals surface area (Å²) in [4.78, 5) is 22.3. The van der Waals surface area contributed by atoms with Crippen molar-refractivity contribution in [1.82, 2.24) is 9.88 Å². The fraction of sp³-hybridized carbons (Fsp3) is 0.476. The highest BCUT2D eigenvalue weighted by Crippen LogP contribution is 2.47. The summed E-state index contributed by atoms with van der Waals surface area (Å²) in [6.45, 7) is 6.38. The number of hydrogen-bond donors (Lipinski definition) is 2. The number of nitrogens with zero attached hydrogens (tertiary/aromatic N) is 3. The number of aromatic nitrogens is 1. The number of aryl methyl sites for hydroxylation is 1. The summed E-state index contributed by atoms with van der Waals surface area (Å²) in [6, 6.07) is 4.16.